The molecule has 1 aliphatic rings. The van der Waals surface area contributed by atoms with Crippen LogP contribution in [0.25, 0.3) is 5.57 Å². The molecule has 2 aromatic rings. The molecule has 2 aromatic carbocycles. The van der Waals surface area contributed by atoms with Gasteiger partial charge in [0.25, 0.3) is 11.8 Å². The lowest BCUT2D eigenvalue weighted by atomic mass is 10.0. The number of rotatable bonds is 11. The Kier molecular flexibility index (Phi) is 7.86. The lowest BCUT2D eigenvalue weighted by Crippen LogP contribution is -2.37. The molecule has 1 aliphatic heterocycles. The molecular weight excluding hydrogens is 412 g/mol. The molecule has 170 valence electrons. The highest BCUT2D eigenvalue weighted by Gasteiger charge is 2.43. The summed E-state index contributed by atoms with van der Waals surface area (Å²) in [7, 11) is 6.27. The van der Waals surface area contributed by atoms with E-state index < -0.39 is 11.8 Å². The largest absolute Gasteiger partial charge is 0.497 e. The smallest absolute Gasteiger partial charge is 0.282 e. The van der Waals surface area contributed by atoms with Gasteiger partial charge in [-0.3, -0.25) is 9.59 Å². The molecule has 0 bridgehead atoms. The Labute approximate surface area is 187 Å². The first-order valence-corrected chi connectivity index (χ1v) is 10.2. The van der Waals surface area contributed by atoms with Gasteiger partial charge in [0.15, 0.2) is 0 Å². The molecule has 1 heterocycles. The van der Waals surface area contributed by atoms with Crippen LogP contribution in [0, 0.1) is 0 Å². The molecule has 0 N–H and O–H groups in total. The minimum atomic E-state index is -0.419. The van der Waals surface area contributed by atoms with Crippen LogP contribution in [0.4, 0.5) is 5.69 Å². The fraction of sp³-hybridized carbons (Fsp3) is 0.333. The van der Waals surface area contributed by atoms with Crippen LogP contribution in [0.5, 0.6) is 11.5 Å². The summed E-state index contributed by atoms with van der Waals surface area (Å²) in [6, 6.07) is 14.0. The number of benzene rings is 2. The van der Waals surface area contributed by atoms with Crippen molar-refractivity contribution in [1.29, 1.82) is 0 Å². The molecule has 32 heavy (non-hydrogen) atoms. The average molecular weight is 440 g/mol. The third-order valence-corrected chi connectivity index (χ3v) is 5.21. The summed E-state index contributed by atoms with van der Waals surface area (Å²) >= 11 is 0. The molecule has 2 amide bonds. The minimum absolute atomic E-state index is 0.306. The van der Waals surface area contributed by atoms with E-state index >= 15 is 0 Å². The number of ether oxygens (including phenoxy) is 4. The number of nitrogens with zero attached hydrogens (tertiary/aromatic N) is 2. The van der Waals surface area contributed by atoms with Crippen LogP contribution in [0.1, 0.15) is 5.56 Å². The molecule has 0 saturated heterocycles. The SMILES string of the molecule is COCCN(CCOC)C1=C(c2ccc(OC)cc2)C(=O)N(c2ccccc2OC)C1=O. The quantitative estimate of drug-likeness (QED) is 0.497. The van der Waals surface area contributed by atoms with Crippen molar-refractivity contribution in [3.05, 3.63) is 59.8 Å². The number of carbonyl (C=O) groups excluding carboxylic acids is 2. The number of carbonyl (C=O) groups is 2. The predicted octanol–water partition coefficient (Wildman–Crippen LogP) is 2.58. The molecule has 0 saturated carbocycles. The standard InChI is InChI=1S/C24H28N2O6/c1-29-15-13-25(14-16-30-2)22-21(17-9-11-18(31-3)12-10-17)23(27)26(24(22)28)19-7-5-6-8-20(19)32-4/h5-12H,13-16H2,1-4H3. The Morgan fingerprint density at radius 1 is 0.781 bits per heavy atom. The summed E-state index contributed by atoms with van der Waals surface area (Å²) in [5.41, 5.74) is 1.64. The maximum absolute atomic E-state index is 13.7. The van der Waals surface area contributed by atoms with Gasteiger partial charge in [0, 0.05) is 27.3 Å². The van der Waals surface area contributed by atoms with Crippen molar-refractivity contribution >= 4 is 23.1 Å². The van der Waals surface area contributed by atoms with Crippen LogP contribution in [-0.2, 0) is 19.1 Å². The number of methoxy groups -OCH3 is 4. The van der Waals surface area contributed by atoms with Crippen molar-refractivity contribution in [1.82, 2.24) is 4.90 Å². The molecular formula is C24H28N2O6. The van der Waals surface area contributed by atoms with Crippen LogP contribution >= 0.6 is 0 Å². The van der Waals surface area contributed by atoms with Gasteiger partial charge in [0.05, 0.1) is 38.7 Å². The first-order valence-electron chi connectivity index (χ1n) is 10.2. The van der Waals surface area contributed by atoms with E-state index in [0.717, 1.165) is 0 Å². The number of anilines is 1. The van der Waals surface area contributed by atoms with E-state index in [2.05, 4.69) is 0 Å². The van der Waals surface area contributed by atoms with Crippen molar-refractivity contribution in [3.8, 4) is 11.5 Å². The number of amides is 2. The van der Waals surface area contributed by atoms with Crippen molar-refractivity contribution in [2.24, 2.45) is 0 Å². The number of hydrogen-bond acceptors (Lipinski definition) is 7. The number of hydrogen-bond donors (Lipinski definition) is 0. The molecule has 8 nitrogen and oxygen atoms in total. The highest BCUT2D eigenvalue weighted by Crippen LogP contribution is 2.38. The zero-order valence-electron chi connectivity index (χ0n) is 18.8. The Morgan fingerprint density at radius 2 is 1.41 bits per heavy atom. The second-order valence-corrected chi connectivity index (χ2v) is 7.04. The monoisotopic (exact) mass is 440 g/mol. The van der Waals surface area contributed by atoms with Gasteiger partial charge < -0.3 is 23.8 Å². The van der Waals surface area contributed by atoms with Gasteiger partial charge in [-0.05, 0) is 29.8 Å². The van der Waals surface area contributed by atoms with Gasteiger partial charge >= 0.3 is 0 Å². The van der Waals surface area contributed by atoms with E-state index in [1.54, 1.807) is 69.9 Å². The first kappa shape index (κ1) is 23.3. The first-order chi connectivity index (χ1) is 15.6. The Morgan fingerprint density at radius 3 is 1.97 bits per heavy atom. The summed E-state index contributed by atoms with van der Waals surface area (Å²) in [5, 5.41) is 0. The third kappa shape index (κ3) is 4.61. The van der Waals surface area contributed by atoms with E-state index in [0.29, 0.717) is 60.3 Å². The highest BCUT2D eigenvalue weighted by atomic mass is 16.5. The van der Waals surface area contributed by atoms with E-state index in [1.165, 1.54) is 12.0 Å². The summed E-state index contributed by atoms with van der Waals surface area (Å²) in [4.78, 5) is 30.4. The number of imide groups is 1. The van der Waals surface area contributed by atoms with E-state index in [-0.39, 0.29) is 0 Å². The maximum atomic E-state index is 13.7. The molecule has 0 fully saturated rings. The Hall–Kier alpha value is -3.36. The van der Waals surface area contributed by atoms with Crippen molar-refractivity contribution in [2.45, 2.75) is 0 Å². The maximum Gasteiger partial charge on any atom is 0.282 e. The molecule has 0 atom stereocenters. The topological polar surface area (TPSA) is 77.5 Å². The van der Waals surface area contributed by atoms with E-state index in [9.17, 15) is 9.59 Å². The zero-order chi connectivity index (χ0) is 23.1. The molecule has 0 aliphatic carbocycles. The van der Waals surface area contributed by atoms with Gasteiger partial charge in [-0.2, -0.15) is 0 Å². The minimum Gasteiger partial charge on any atom is -0.497 e. The second kappa shape index (κ2) is 10.8. The van der Waals surface area contributed by atoms with Crippen molar-refractivity contribution in [2.75, 3.05) is 59.6 Å². The fourth-order valence-electron chi connectivity index (χ4n) is 3.60. The molecule has 3 rings (SSSR count). The van der Waals surface area contributed by atoms with Gasteiger partial charge in [-0.15, -0.1) is 0 Å². The Bertz CT molecular complexity index is 978. The lowest BCUT2D eigenvalue weighted by Gasteiger charge is -2.26. The summed E-state index contributed by atoms with van der Waals surface area (Å²) < 4.78 is 21.1. The van der Waals surface area contributed by atoms with Gasteiger partial charge in [0.1, 0.15) is 17.2 Å². The molecule has 0 aromatic heterocycles. The summed E-state index contributed by atoms with van der Waals surface area (Å²) in [6.07, 6.45) is 0. The molecule has 0 radical (unpaired) electrons. The molecule has 0 spiro atoms. The van der Waals surface area contributed by atoms with Crippen molar-refractivity contribution in [3.63, 3.8) is 0 Å². The predicted molar refractivity (Wildman–Crippen MR) is 121 cm³/mol. The van der Waals surface area contributed by atoms with E-state index in [4.69, 9.17) is 18.9 Å². The third-order valence-electron chi connectivity index (χ3n) is 5.21. The van der Waals surface area contributed by atoms with Crippen molar-refractivity contribution < 1.29 is 28.5 Å². The normalized spacial score (nSPS) is 13.7. The van der Waals surface area contributed by atoms with Gasteiger partial charge in [-0.25, -0.2) is 4.90 Å². The summed E-state index contributed by atoms with van der Waals surface area (Å²) in [5.74, 6) is 0.256. The van der Waals surface area contributed by atoms with E-state index in [1.807, 2.05) is 4.90 Å². The fourth-order valence-corrected chi connectivity index (χ4v) is 3.60. The highest BCUT2D eigenvalue weighted by molar-refractivity contribution is 6.45. The second-order valence-electron chi connectivity index (χ2n) is 7.04. The van der Waals surface area contributed by atoms with Crippen LogP contribution in [-0.4, -0.2) is 71.5 Å². The van der Waals surface area contributed by atoms with Crippen LogP contribution in [0.15, 0.2) is 54.2 Å². The summed E-state index contributed by atoms with van der Waals surface area (Å²) in [6.45, 7) is 1.62. The Balaban J connectivity index is 2.14. The van der Waals surface area contributed by atoms with Gasteiger partial charge in [-0.1, -0.05) is 24.3 Å². The van der Waals surface area contributed by atoms with Crippen LogP contribution in [0.2, 0.25) is 0 Å². The van der Waals surface area contributed by atoms with Crippen LogP contribution < -0.4 is 14.4 Å². The molecule has 0 unspecified atom stereocenters. The van der Waals surface area contributed by atoms with Gasteiger partial charge in [0.2, 0.25) is 0 Å². The lowest BCUT2D eigenvalue weighted by molar-refractivity contribution is -0.120. The molecule has 8 heteroatoms. The van der Waals surface area contributed by atoms with Crippen LogP contribution in [0.3, 0.4) is 0 Å². The zero-order valence-corrected chi connectivity index (χ0v) is 18.8. The number of para-hydroxylation sites is 2. The average Bonchev–Trinajstić information content (AvgIpc) is 3.09.